The maximum Gasteiger partial charge on any atom is 0.247 e. The van der Waals surface area contributed by atoms with E-state index in [9.17, 15) is 9.59 Å². The minimum absolute atomic E-state index is 0.0851. The molecule has 1 aromatic rings. The van der Waals surface area contributed by atoms with Crippen molar-refractivity contribution < 1.29 is 14.3 Å². The van der Waals surface area contributed by atoms with E-state index < -0.39 is 6.04 Å². The average molecular weight is 290 g/mol. The SMILES string of the molecule is CCOc1cccc(CNC2CC(=O)N(C(C)C)C2=O)c1. The number of likely N-dealkylation sites (tertiary alicyclic amines) is 1. The Morgan fingerprint density at radius 1 is 1.38 bits per heavy atom. The molecule has 5 heteroatoms. The van der Waals surface area contributed by atoms with Crippen LogP contribution in [-0.4, -0.2) is 35.4 Å². The van der Waals surface area contributed by atoms with E-state index in [1.165, 1.54) is 4.90 Å². The summed E-state index contributed by atoms with van der Waals surface area (Å²) < 4.78 is 5.45. The second-order valence-electron chi connectivity index (χ2n) is 5.41. The van der Waals surface area contributed by atoms with Crippen molar-refractivity contribution in [2.75, 3.05) is 6.61 Å². The fourth-order valence-electron chi connectivity index (χ4n) is 2.51. The molecule has 2 amide bonds. The van der Waals surface area contributed by atoms with E-state index in [2.05, 4.69) is 5.32 Å². The number of ether oxygens (including phenoxy) is 1. The van der Waals surface area contributed by atoms with Gasteiger partial charge in [0.05, 0.1) is 19.1 Å². The van der Waals surface area contributed by atoms with Gasteiger partial charge in [-0.2, -0.15) is 0 Å². The van der Waals surface area contributed by atoms with Crippen molar-refractivity contribution in [3.8, 4) is 5.75 Å². The highest BCUT2D eigenvalue weighted by Crippen LogP contribution is 2.18. The zero-order valence-corrected chi connectivity index (χ0v) is 12.8. The Hall–Kier alpha value is -1.88. The van der Waals surface area contributed by atoms with Crippen LogP contribution < -0.4 is 10.1 Å². The normalized spacial score (nSPS) is 18.7. The van der Waals surface area contributed by atoms with E-state index >= 15 is 0 Å². The topological polar surface area (TPSA) is 58.6 Å². The molecule has 1 atom stereocenters. The summed E-state index contributed by atoms with van der Waals surface area (Å²) in [5.41, 5.74) is 1.03. The number of hydrogen-bond donors (Lipinski definition) is 1. The highest BCUT2D eigenvalue weighted by Gasteiger charge is 2.39. The van der Waals surface area contributed by atoms with Crippen molar-refractivity contribution in [2.45, 2.75) is 45.8 Å². The number of hydrogen-bond acceptors (Lipinski definition) is 4. The lowest BCUT2D eigenvalue weighted by atomic mass is 10.2. The molecule has 21 heavy (non-hydrogen) atoms. The standard InChI is InChI=1S/C16H22N2O3/c1-4-21-13-7-5-6-12(8-13)10-17-14-9-15(19)18(11(2)3)16(14)20/h5-8,11,14,17H,4,9-10H2,1-3H3. The Balaban J connectivity index is 1.96. The molecule has 1 aliphatic heterocycles. The number of nitrogens with zero attached hydrogens (tertiary/aromatic N) is 1. The molecule has 0 aliphatic carbocycles. The van der Waals surface area contributed by atoms with Gasteiger partial charge in [0.2, 0.25) is 11.8 Å². The van der Waals surface area contributed by atoms with Crippen LogP contribution in [0.25, 0.3) is 0 Å². The third kappa shape index (κ3) is 3.61. The van der Waals surface area contributed by atoms with E-state index in [0.29, 0.717) is 13.2 Å². The molecular weight excluding hydrogens is 268 g/mol. The second kappa shape index (κ2) is 6.72. The third-order valence-corrected chi connectivity index (χ3v) is 3.46. The molecule has 2 rings (SSSR count). The Kier molecular flexibility index (Phi) is 4.96. The number of amides is 2. The molecule has 1 fully saturated rings. The van der Waals surface area contributed by atoms with Crippen LogP contribution in [0.2, 0.25) is 0 Å². The summed E-state index contributed by atoms with van der Waals surface area (Å²) in [6, 6.07) is 7.23. The predicted molar refractivity (Wildman–Crippen MR) is 79.8 cm³/mol. The molecule has 5 nitrogen and oxygen atoms in total. The first-order valence-electron chi connectivity index (χ1n) is 7.34. The lowest BCUT2D eigenvalue weighted by molar-refractivity contribution is -0.140. The van der Waals surface area contributed by atoms with Crippen molar-refractivity contribution in [1.82, 2.24) is 10.2 Å². The molecule has 1 N–H and O–H groups in total. The number of carbonyl (C=O) groups excluding carboxylic acids is 2. The monoisotopic (exact) mass is 290 g/mol. The highest BCUT2D eigenvalue weighted by molar-refractivity contribution is 6.05. The van der Waals surface area contributed by atoms with Gasteiger partial charge in [-0.1, -0.05) is 12.1 Å². The van der Waals surface area contributed by atoms with Crippen molar-refractivity contribution >= 4 is 11.8 Å². The quantitative estimate of drug-likeness (QED) is 0.810. The van der Waals surface area contributed by atoms with Crippen LogP contribution in [0, 0.1) is 0 Å². The largest absolute Gasteiger partial charge is 0.494 e. The number of benzene rings is 1. The molecule has 1 unspecified atom stereocenters. The average Bonchev–Trinajstić information content (AvgIpc) is 2.72. The van der Waals surface area contributed by atoms with Gasteiger partial charge < -0.3 is 10.1 Å². The Morgan fingerprint density at radius 2 is 2.14 bits per heavy atom. The maximum atomic E-state index is 12.2. The smallest absolute Gasteiger partial charge is 0.247 e. The number of carbonyl (C=O) groups is 2. The number of nitrogens with one attached hydrogen (secondary N) is 1. The Morgan fingerprint density at radius 3 is 2.76 bits per heavy atom. The van der Waals surface area contributed by atoms with Crippen molar-refractivity contribution in [3.63, 3.8) is 0 Å². The maximum absolute atomic E-state index is 12.2. The number of rotatable bonds is 6. The van der Waals surface area contributed by atoms with E-state index in [0.717, 1.165) is 11.3 Å². The van der Waals surface area contributed by atoms with Crippen LogP contribution in [0.4, 0.5) is 0 Å². The Labute approximate surface area is 125 Å². The predicted octanol–water partition coefficient (Wildman–Crippen LogP) is 1.71. The van der Waals surface area contributed by atoms with E-state index in [1.54, 1.807) is 0 Å². The molecule has 1 saturated heterocycles. The summed E-state index contributed by atoms with van der Waals surface area (Å²) in [7, 11) is 0. The summed E-state index contributed by atoms with van der Waals surface area (Å²) in [5, 5.41) is 3.16. The van der Waals surface area contributed by atoms with Crippen molar-refractivity contribution in [3.05, 3.63) is 29.8 Å². The first-order chi connectivity index (χ1) is 10.0. The van der Waals surface area contributed by atoms with E-state index in [-0.39, 0.29) is 24.3 Å². The van der Waals surface area contributed by atoms with Crippen LogP contribution in [0.5, 0.6) is 5.75 Å². The molecule has 0 spiro atoms. The molecule has 1 heterocycles. The van der Waals surface area contributed by atoms with Gasteiger partial charge in [0.25, 0.3) is 0 Å². The van der Waals surface area contributed by atoms with E-state index in [1.807, 2.05) is 45.0 Å². The van der Waals surface area contributed by atoms with Crippen LogP contribution in [0.3, 0.4) is 0 Å². The van der Waals surface area contributed by atoms with Crippen molar-refractivity contribution in [2.24, 2.45) is 0 Å². The van der Waals surface area contributed by atoms with Gasteiger partial charge in [-0.3, -0.25) is 14.5 Å². The summed E-state index contributed by atoms with van der Waals surface area (Å²) >= 11 is 0. The molecule has 1 aliphatic rings. The minimum atomic E-state index is -0.421. The van der Waals surface area contributed by atoms with Crippen LogP contribution >= 0.6 is 0 Å². The Bertz CT molecular complexity index is 528. The van der Waals surface area contributed by atoms with Gasteiger partial charge in [-0.25, -0.2) is 0 Å². The number of imide groups is 1. The zero-order chi connectivity index (χ0) is 15.4. The lowest BCUT2D eigenvalue weighted by Crippen LogP contribution is -2.41. The fourth-order valence-corrected chi connectivity index (χ4v) is 2.51. The van der Waals surface area contributed by atoms with Crippen LogP contribution in [0.1, 0.15) is 32.8 Å². The van der Waals surface area contributed by atoms with Crippen LogP contribution in [-0.2, 0) is 16.1 Å². The van der Waals surface area contributed by atoms with Gasteiger partial charge in [0.1, 0.15) is 5.75 Å². The summed E-state index contributed by atoms with van der Waals surface area (Å²) in [4.78, 5) is 25.3. The first-order valence-corrected chi connectivity index (χ1v) is 7.34. The summed E-state index contributed by atoms with van der Waals surface area (Å²) in [6.45, 7) is 6.80. The lowest BCUT2D eigenvalue weighted by Gasteiger charge is -2.19. The summed E-state index contributed by atoms with van der Waals surface area (Å²) in [6.07, 6.45) is 0.238. The second-order valence-corrected chi connectivity index (χ2v) is 5.41. The summed E-state index contributed by atoms with van der Waals surface area (Å²) in [5.74, 6) is 0.584. The van der Waals surface area contributed by atoms with Gasteiger partial charge in [0.15, 0.2) is 0 Å². The molecule has 114 valence electrons. The minimum Gasteiger partial charge on any atom is -0.494 e. The molecule has 0 radical (unpaired) electrons. The molecule has 1 aromatic carbocycles. The van der Waals surface area contributed by atoms with Crippen molar-refractivity contribution in [1.29, 1.82) is 0 Å². The third-order valence-electron chi connectivity index (χ3n) is 3.46. The molecule has 0 bridgehead atoms. The fraction of sp³-hybridized carbons (Fsp3) is 0.500. The molecule has 0 aromatic heterocycles. The first kappa shape index (κ1) is 15.5. The van der Waals surface area contributed by atoms with Gasteiger partial charge in [-0.15, -0.1) is 0 Å². The van der Waals surface area contributed by atoms with Gasteiger partial charge in [0, 0.05) is 12.6 Å². The van der Waals surface area contributed by atoms with Gasteiger partial charge in [-0.05, 0) is 38.5 Å². The van der Waals surface area contributed by atoms with Crippen LogP contribution in [0.15, 0.2) is 24.3 Å². The molecule has 0 saturated carbocycles. The molecular formula is C16H22N2O3. The van der Waals surface area contributed by atoms with E-state index in [4.69, 9.17) is 4.74 Å². The highest BCUT2D eigenvalue weighted by atomic mass is 16.5. The van der Waals surface area contributed by atoms with Gasteiger partial charge >= 0.3 is 0 Å². The zero-order valence-electron chi connectivity index (χ0n) is 12.8.